The van der Waals surface area contributed by atoms with Crippen molar-refractivity contribution in [1.29, 1.82) is 0 Å². The summed E-state index contributed by atoms with van der Waals surface area (Å²) in [7, 11) is 0. The smallest absolute Gasteiger partial charge is 0.252 e. The fourth-order valence-corrected chi connectivity index (χ4v) is 4.43. The van der Waals surface area contributed by atoms with Gasteiger partial charge < -0.3 is 14.6 Å². The number of hydrogen-bond donors (Lipinski definition) is 1. The van der Waals surface area contributed by atoms with E-state index in [4.69, 9.17) is 9.40 Å². The van der Waals surface area contributed by atoms with E-state index in [1.54, 1.807) is 18.5 Å². The van der Waals surface area contributed by atoms with Crippen molar-refractivity contribution < 1.29 is 9.21 Å². The first kappa shape index (κ1) is 22.2. The predicted octanol–water partition coefficient (Wildman–Crippen LogP) is 3.82. The number of furan rings is 1. The van der Waals surface area contributed by atoms with Gasteiger partial charge in [-0.2, -0.15) is 5.10 Å². The van der Waals surface area contributed by atoms with Crippen molar-refractivity contribution in [2.75, 3.05) is 44.2 Å². The number of carbonyl (C=O) groups excluding carboxylic acids is 1. The van der Waals surface area contributed by atoms with Crippen LogP contribution < -0.4 is 10.2 Å². The highest BCUT2D eigenvalue weighted by Gasteiger charge is 2.20. The Kier molecular flexibility index (Phi) is 6.31. The molecule has 1 amide bonds. The summed E-state index contributed by atoms with van der Waals surface area (Å²) in [4.78, 5) is 22.8. The number of para-hydroxylation sites is 1. The van der Waals surface area contributed by atoms with E-state index < -0.39 is 0 Å². The summed E-state index contributed by atoms with van der Waals surface area (Å²) in [5.74, 6) is 0.509. The van der Waals surface area contributed by atoms with Crippen molar-refractivity contribution in [3.8, 4) is 11.5 Å². The van der Waals surface area contributed by atoms with E-state index in [9.17, 15) is 4.79 Å². The van der Waals surface area contributed by atoms with Crippen LogP contribution >= 0.6 is 0 Å². The summed E-state index contributed by atoms with van der Waals surface area (Å²) in [5.41, 5.74) is 3.15. The maximum atomic E-state index is 13.2. The lowest BCUT2D eigenvalue weighted by molar-refractivity contribution is 0.0949. The van der Waals surface area contributed by atoms with Gasteiger partial charge in [0.25, 0.3) is 5.91 Å². The lowest BCUT2D eigenvalue weighted by Gasteiger charge is -2.36. The number of anilines is 1. The Bertz CT molecular complexity index is 1240. The molecule has 0 radical (unpaired) electrons. The van der Waals surface area contributed by atoms with Crippen LogP contribution in [0, 0.1) is 0 Å². The molecule has 0 aliphatic carbocycles. The van der Waals surface area contributed by atoms with Gasteiger partial charge in [0.1, 0.15) is 5.69 Å². The molecule has 0 bridgehead atoms. The summed E-state index contributed by atoms with van der Waals surface area (Å²) in [6.07, 6.45) is 3.34. The molecule has 1 fully saturated rings. The minimum absolute atomic E-state index is 0.119. The van der Waals surface area contributed by atoms with Crippen LogP contribution in [0.5, 0.6) is 0 Å². The molecule has 0 atom stereocenters. The minimum Gasteiger partial charge on any atom is -0.463 e. The Balaban J connectivity index is 1.25. The van der Waals surface area contributed by atoms with Gasteiger partial charge in [-0.3, -0.25) is 9.69 Å². The van der Waals surface area contributed by atoms with E-state index >= 15 is 0 Å². The van der Waals surface area contributed by atoms with Crippen LogP contribution in [-0.2, 0) is 0 Å². The first-order valence-corrected chi connectivity index (χ1v) is 11.8. The molecule has 1 aliphatic rings. The second-order valence-corrected chi connectivity index (χ2v) is 8.87. The third-order valence-electron chi connectivity index (χ3n) is 6.28. The number of fused-ring (bicyclic) bond motifs is 1. The minimum atomic E-state index is -0.119. The zero-order valence-corrected chi connectivity index (χ0v) is 19.6. The van der Waals surface area contributed by atoms with E-state index in [-0.39, 0.29) is 11.9 Å². The topological polar surface area (TPSA) is 79.4 Å². The molecule has 5 rings (SSSR count). The molecule has 34 heavy (non-hydrogen) atoms. The van der Waals surface area contributed by atoms with Crippen LogP contribution in [0.15, 0.2) is 65.4 Å². The Labute approximate surface area is 199 Å². The third-order valence-corrected chi connectivity index (χ3v) is 6.28. The highest BCUT2D eigenvalue weighted by molar-refractivity contribution is 6.06. The molecule has 8 nitrogen and oxygen atoms in total. The van der Waals surface area contributed by atoms with E-state index in [0.717, 1.165) is 38.1 Å². The SMILES string of the molecule is CC(C)n1ncc2c(C(=O)NCCN3CCN(c4ccccc4)CC3)cc(-c3ccco3)nc21. The summed E-state index contributed by atoms with van der Waals surface area (Å²) < 4.78 is 7.38. The molecule has 1 aliphatic heterocycles. The van der Waals surface area contributed by atoms with Crippen LogP contribution in [0.3, 0.4) is 0 Å². The molecular weight excluding hydrogens is 428 g/mol. The van der Waals surface area contributed by atoms with Gasteiger partial charge in [0, 0.05) is 51.0 Å². The van der Waals surface area contributed by atoms with Crippen LogP contribution in [0.4, 0.5) is 5.69 Å². The molecule has 8 heteroatoms. The van der Waals surface area contributed by atoms with Gasteiger partial charge in [-0.25, -0.2) is 9.67 Å². The van der Waals surface area contributed by atoms with Crippen LogP contribution in [0.2, 0.25) is 0 Å². The molecule has 1 saturated heterocycles. The molecule has 0 spiro atoms. The number of piperazine rings is 1. The molecule has 1 aromatic carbocycles. The molecule has 0 saturated carbocycles. The fourth-order valence-electron chi connectivity index (χ4n) is 4.43. The maximum Gasteiger partial charge on any atom is 0.252 e. The van der Waals surface area contributed by atoms with Gasteiger partial charge in [-0.15, -0.1) is 0 Å². The normalized spacial score (nSPS) is 14.7. The molecule has 0 unspecified atom stereocenters. The second kappa shape index (κ2) is 9.69. The molecule has 176 valence electrons. The van der Waals surface area contributed by atoms with Crippen LogP contribution in [-0.4, -0.2) is 64.8 Å². The number of benzene rings is 1. The van der Waals surface area contributed by atoms with Crippen molar-refractivity contribution in [2.24, 2.45) is 0 Å². The number of carbonyl (C=O) groups is 1. The summed E-state index contributed by atoms with van der Waals surface area (Å²) in [6, 6.07) is 16.1. The first-order valence-electron chi connectivity index (χ1n) is 11.8. The lowest BCUT2D eigenvalue weighted by atomic mass is 10.1. The van der Waals surface area contributed by atoms with Gasteiger partial charge in [-0.1, -0.05) is 18.2 Å². The highest BCUT2D eigenvalue weighted by Crippen LogP contribution is 2.26. The molecule has 3 aromatic heterocycles. The van der Waals surface area contributed by atoms with E-state index in [0.29, 0.717) is 29.2 Å². The standard InChI is InChI=1S/C26H30N6O2/c1-19(2)32-25-22(18-28-32)21(17-23(29-25)24-9-6-16-34-24)26(33)27-10-11-30-12-14-31(15-13-30)20-7-4-3-5-8-20/h3-9,16-19H,10-15H2,1-2H3,(H,27,33). The van der Waals surface area contributed by atoms with Gasteiger partial charge in [0.15, 0.2) is 11.4 Å². The van der Waals surface area contributed by atoms with Crippen molar-refractivity contribution in [3.63, 3.8) is 0 Å². The monoisotopic (exact) mass is 458 g/mol. The van der Waals surface area contributed by atoms with Crippen molar-refractivity contribution >= 4 is 22.6 Å². The number of rotatable bonds is 7. The molecular formula is C26H30N6O2. The quantitative estimate of drug-likeness (QED) is 0.454. The second-order valence-electron chi connectivity index (χ2n) is 8.87. The average Bonchev–Trinajstić information content (AvgIpc) is 3.55. The maximum absolute atomic E-state index is 13.2. The highest BCUT2D eigenvalue weighted by atomic mass is 16.3. The Morgan fingerprint density at radius 2 is 1.88 bits per heavy atom. The van der Waals surface area contributed by atoms with Crippen molar-refractivity contribution in [3.05, 3.63) is 66.6 Å². The zero-order valence-electron chi connectivity index (χ0n) is 19.6. The lowest BCUT2D eigenvalue weighted by Crippen LogP contribution is -2.48. The van der Waals surface area contributed by atoms with Crippen molar-refractivity contribution in [2.45, 2.75) is 19.9 Å². The fraction of sp³-hybridized carbons (Fsp3) is 0.346. The van der Waals surface area contributed by atoms with Crippen LogP contribution in [0.25, 0.3) is 22.5 Å². The average molecular weight is 459 g/mol. The summed E-state index contributed by atoms with van der Waals surface area (Å²) in [6.45, 7) is 9.44. The number of hydrogen-bond acceptors (Lipinski definition) is 6. The van der Waals surface area contributed by atoms with Gasteiger partial charge in [-0.05, 0) is 44.2 Å². The third kappa shape index (κ3) is 4.54. The number of pyridine rings is 1. The Morgan fingerprint density at radius 1 is 1.09 bits per heavy atom. The number of nitrogens with one attached hydrogen (secondary N) is 1. The van der Waals surface area contributed by atoms with Gasteiger partial charge >= 0.3 is 0 Å². The molecule has 4 heterocycles. The van der Waals surface area contributed by atoms with Crippen molar-refractivity contribution in [1.82, 2.24) is 25.0 Å². The summed E-state index contributed by atoms with van der Waals surface area (Å²) in [5, 5.41) is 8.33. The molecule has 4 aromatic rings. The van der Waals surface area contributed by atoms with Gasteiger partial charge in [0.2, 0.25) is 0 Å². The zero-order chi connectivity index (χ0) is 23.5. The van der Waals surface area contributed by atoms with E-state index in [1.807, 2.05) is 36.7 Å². The van der Waals surface area contributed by atoms with Gasteiger partial charge in [0.05, 0.1) is 23.4 Å². The predicted molar refractivity (Wildman–Crippen MR) is 133 cm³/mol. The Morgan fingerprint density at radius 3 is 2.59 bits per heavy atom. The van der Waals surface area contributed by atoms with E-state index in [2.05, 4.69) is 44.5 Å². The molecule has 1 N–H and O–H groups in total. The Hall–Kier alpha value is -3.65. The van der Waals surface area contributed by atoms with Crippen LogP contribution in [0.1, 0.15) is 30.2 Å². The number of amides is 1. The van der Waals surface area contributed by atoms with E-state index in [1.165, 1.54) is 5.69 Å². The largest absolute Gasteiger partial charge is 0.463 e. The number of aromatic nitrogens is 3. The summed E-state index contributed by atoms with van der Waals surface area (Å²) >= 11 is 0. The first-order chi connectivity index (χ1) is 16.6. The number of nitrogens with zero attached hydrogens (tertiary/aromatic N) is 5.